The number of rotatable bonds is 7. The number of nitrogens with zero attached hydrogens (tertiary/aromatic N) is 1. The zero-order valence-electron chi connectivity index (χ0n) is 18.2. The minimum Gasteiger partial charge on any atom is -0.350 e. The van der Waals surface area contributed by atoms with Gasteiger partial charge in [-0.3, -0.25) is 14.4 Å². The van der Waals surface area contributed by atoms with E-state index in [2.05, 4.69) is 20.6 Å². The van der Waals surface area contributed by atoms with E-state index >= 15 is 0 Å². The minimum absolute atomic E-state index is 0.00743. The van der Waals surface area contributed by atoms with E-state index in [0.29, 0.717) is 17.8 Å². The monoisotopic (exact) mass is 436 g/mol. The maximum atomic E-state index is 13.0. The molecule has 0 spiro atoms. The van der Waals surface area contributed by atoms with Gasteiger partial charge in [-0.05, 0) is 47.4 Å². The Bertz CT molecular complexity index is 1110. The van der Waals surface area contributed by atoms with E-state index in [1.54, 1.807) is 24.3 Å². The molecule has 0 radical (unpaired) electrons. The van der Waals surface area contributed by atoms with Gasteiger partial charge >= 0.3 is 0 Å². The molecule has 3 rings (SSSR count). The second-order valence-electron chi connectivity index (χ2n) is 8.63. The fraction of sp³-hybridized carbons (Fsp3) is 0.250. The number of halogens is 1. The molecule has 2 amide bonds. The largest absolute Gasteiger partial charge is 0.350 e. The van der Waals surface area contributed by atoms with E-state index in [0.717, 1.165) is 5.56 Å². The number of hydrogen-bond acceptors (Lipinski definition) is 4. The highest BCUT2D eigenvalue weighted by molar-refractivity contribution is 6.10. The molecule has 0 saturated heterocycles. The van der Waals surface area contributed by atoms with Gasteiger partial charge in [0, 0.05) is 24.2 Å². The van der Waals surface area contributed by atoms with Gasteiger partial charge in [0.2, 0.25) is 0 Å². The number of H-pyrrole nitrogens is 1. The van der Waals surface area contributed by atoms with Crippen LogP contribution >= 0.6 is 0 Å². The molecule has 0 fully saturated rings. The fourth-order valence-electron chi connectivity index (χ4n) is 2.89. The first-order chi connectivity index (χ1) is 15.1. The highest BCUT2D eigenvalue weighted by atomic mass is 19.1. The third kappa shape index (κ3) is 6.10. The molecule has 0 aliphatic carbocycles. The van der Waals surface area contributed by atoms with Gasteiger partial charge in [0.15, 0.2) is 11.5 Å². The van der Waals surface area contributed by atoms with Crippen LogP contribution in [0.1, 0.15) is 57.7 Å². The first kappa shape index (κ1) is 22.9. The molecule has 1 aromatic heterocycles. The minimum atomic E-state index is -0.526. The average molecular weight is 436 g/mol. The summed E-state index contributed by atoms with van der Waals surface area (Å²) in [6, 6.07) is 12.2. The second-order valence-corrected chi connectivity index (χ2v) is 8.63. The molecule has 7 nitrogen and oxygen atoms in total. The number of aromatic amines is 1. The van der Waals surface area contributed by atoms with Crippen molar-refractivity contribution in [3.63, 3.8) is 0 Å². The third-order valence-corrected chi connectivity index (χ3v) is 4.60. The molecule has 0 aliphatic heterocycles. The number of nitrogens with one attached hydrogen (secondary N) is 3. The Morgan fingerprint density at radius 3 is 2.25 bits per heavy atom. The van der Waals surface area contributed by atoms with Crippen LogP contribution in [-0.2, 0) is 6.42 Å². The lowest BCUT2D eigenvalue weighted by molar-refractivity contribution is 0.0922. The number of hydrogen-bond donors (Lipinski definition) is 3. The van der Waals surface area contributed by atoms with Crippen molar-refractivity contribution in [1.82, 2.24) is 15.3 Å². The number of imidazole rings is 1. The summed E-state index contributed by atoms with van der Waals surface area (Å²) in [5.41, 5.74) is 1.66. The summed E-state index contributed by atoms with van der Waals surface area (Å²) in [6.07, 6.45) is 1.45. The standard InChI is InChI=1S/C24H25FN4O3/c1-24(2,3)13-26-22(31)20-21(28-14-27-20)23(32)29-18-10-4-15(5-11-18)12-19(30)16-6-8-17(25)9-7-16/h4-11,14H,12-13H2,1-3H3,(H,26,31)(H,27,28)(H,29,32). The summed E-state index contributed by atoms with van der Waals surface area (Å²) in [7, 11) is 0. The van der Waals surface area contributed by atoms with Gasteiger partial charge in [-0.25, -0.2) is 9.37 Å². The normalized spacial score (nSPS) is 11.1. The number of benzene rings is 2. The maximum absolute atomic E-state index is 13.0. The molecule has 2 aromatic carbocycles. The van der Waals surface area contributed by atoms with Crippen LogP contribution in [0.5, 0.6) is 0 Å². The Hall–Kier alpha value is -3.81. The first-order valence-corrected chi connectivity index (χ1v) is 10.1. The predicted octanol–water partition coefficient (Wildman–Crippen LogP) is 4.00. The number of carbonyl (C=O) groups is 3. The number of carbonyl (C=O) groups excluding carboxylic acids is 3. The summed E-state index contributed by atoms with van der Waals surface area (Å²) in [5, 5.41) is 5.49. The van der Waals surface area contributed by atoms with Crippen LogP contribution in [0.4, 0.5) is 10.1 Å². The van der Waals surface area contributed by atoms with E-state index < -0.39 is 17.6 Å². The van der Waals surface area contributed by atoms with Gasteiger partial charge in [-0.15, -0.1) is 0 Å². The number of anilines is 1. The van der Waals surface area contributed by atoms with Gasteiger partial charge in [-0.1, -0.05) is 32.9 Å². The van der Waals surface area contributed by atoms with Crippen molar-refractivity contribution in [2.45, 2.75) is 27.2 Å². The maximum Gasteiger partial charge on any atom is 0.276 e. The summed E-state index contributed by atoms with van der Waals surface area (Å²) in [5.74, 6) is -1.46. The van der Waals surface area contributed by atoms with Crippen LogP contribution in [-0.4, -0.2) is 34.1 Å². The molecule has 1 heterocycles. The van der Waals surface area contributed by atoms with Gasteiger partial charge in [-0.2, -0.15) is 0 Å². The first-order valence-electron chi connectivity index (χ1n) is 10.1. The molecular formula is C24H25FN4O3. The Morgan fingerprint density at radius 1 is 0.969 bits per heavy atom. The molecule has 0 atom stereocenters. The summed E-state index contributed by atoms with van der Waals surface area (Å²) >= 11 is 0. The number of aromatic nitrogens is 2. The van der Waals surface area contributed by atoms with Crippen molar-refractivity contribution >= 4 is 23.3 Å². The third-order valence-electron chi connectivity index (χ3n) is 4.60. The van der Waals surface area contributed by atoms with Gasteiger partial charge in [0.1, 0.15) is 11.5 Å². The van der Waals surface area contributed by atoms with Crippen LogP contribution < -0.4 is 10.6 Å². The lowest BCUT2D eigenvalue weighted by Gasteiger charge is -2.18. The van der Waals surface area contributed by atoms with Gasteiger partial charge in [0.25, 0.3) is 11.8 Å². The fourth-order valence-corrected chi connectivity index (χ4v) is 2.89. The second kappa shape index (κ2) is 9.55. The average Bonchev–Trinajstić information content (AvgIpc) is 3.23. The van der Waals surface area contributed by atoms with E-state index in [-0.39, 0.29) is 29.0 Å². The molecule has 0 bridgehead atoms. The number of Topliss-reactive ketones (excluding diaryl/α,β-unsaturated/α-hetero) is 1. The summed E-state index contributed by atoms with van der Waals surface area (Å²) < 4.78 is 13.0. The molecule has 3 N–H and O–H groups in total. The van der Waals surface area contributed by atoms with Crippen molar-refractivity contribution in [1.29, 1.82) is 0 Å². The molecule has 32 heavy (non-hydrogen) atoms. The summed E-state index contributed by atoms with van der Waals surface area (Å²) in [6.45, 7) is 6.42. The van der Waals surface area contributed by atoms with Crippen molar-refractivity contribution in [3.05, 3.63) is 83.2 Å². The Labute approximate surface area is 185 Å². The number of ketones is 1. The van der Waals surface area contributed by atoms with E-state index in [4.69, 9.17) is 0 Å². The quantitative estimate of drug-likeness (QED) is 0.487. The summed E-state index contributed by atoms with van der Waals surface area (Å²) in [4.78, 5) is 44.0. The van der Waals surface area contributed by atoms with Crippen molar-refractivity contribution in [2.24, 2.45) is 5.41 Å². The van der Waals surface area contributed by atoms with Crippen LogP contribution in [0.15, 0.2) is 54.9 Å². The van der Waals surface area contributed by atoms with Crippen molar-refractivity contribution in [3.8, 4) is 0 Å². The topological polar surface area (TPSA) is 104 Å². The SMILES string of the molecule is CC(C)(C)CNC(=O)c1[nH]cnc1C(=O)Nc1ccc(CC(=O)c2ccc(F)cc2)cc1. The molecular weight excluding hydrogens is 411 g/mol. The van der Waals surface area contributed by atoms with E-state index in [1.807, 2.05) is 20.8 Å². The zero-order chi connectivity index (χ0) is 23.3. The van der Waals surface area contributed by atoms with Crippen LogP contribution in [0.2, 0.25) is 0 Å². The molecule has 0 aliphatic rings. The molecule has 0 unspecified atom stereocenters. The molecule has 0 saturated carbocycles. The predicted molar refractivity (Wildman–Crippen MR) is 119 cm³/mol. The molecule has 8 heteroatoms. The van der Waals surface area contributed by atoms with Crippen LogP contribution in [0.25, 0.3) is 0 Å². The van der Waals surface area contributed by atoms with E-state index in [9.17, 15) is 18.8 Å². The smallest absolute Gasteiger partial charge is 0.276 e. The lowest BCUT2D eigenvalue weighted by Crippen LogP contribution is -2.33. The van der Waals surface area contributed by atoms with Gasteiger partial charge in [0.05, 0.1) is 6.33 Å². The van der Waals surface area contributed by atoms with Crippen LogP contribution in [0.3, 0.4) is 0 Å². The highest BCUT2D eigenvalue weighted by Crippen LogP contribution is 2.15. The van der Waals surface area contributed by atoms with Crippen LogP contribution in [0, 0.1) is 11.2 Å². The Balaban J connectivity index is 1.62. The molecule has 3 aromatic rings. The number of amides is 2. The highest BCUT2D eigenvalue weighted by Gasteiger charge is 2.22. The molecule has 166 valence electrons. The van der Waals surface area contributed by atoms with Crippen molar-refractivity contribution in [2.75, 3.05) is 11.9 Å². The Kier molecular flexibility index (Phi) is 6.82. The lowest BCUT2D eigenvalue weighted by atomic mass is 9.97. The Morgan fingerprint density at radius 2 is 1.62 bits per heavy atom. The van der Waals surface area contributed by atoms with E-state index in [1.165, 1.54) is 30.6 Å². The van der Waals surface area contributed by atoms with Crippen molar-refractivity contribution < 1.29 is 18.8 Å². The van der Waals surface area contributed by atoms with Gasteiger partial charge < -0.3 is 15.6 Å². The zero-order valence-corrected chi connectivity index (χ0v) is 18.2.